The minimum Gasteiger partial charge on any atom is -0.481 e. The quantitative estimate of drug-likeness (QED) is 0.771. The Morgan fingerprint density at radius 3 is 2.50 bits per heavy atom. The largest absolute Gasteiger partial charge is 0.481 e. The minimum atomic E-state index is -0.739. The van der Waals surface area contributed by atoms with Crippen molar-refractivity contribution in [2.75, 3.05) is 19.6 Å². The van der Waals surface area contributed by atoms with Gasteiger partial charge in [0.2, 0.25) is 5.91 Å². The van der Waals surface area contributed by atoms with Crippen LogP contribution in [0.2, 0.25) is 0 Å². The van der Waals surface area contributed by atoms with Crippen LogP contribution in [0.4, 0.5) is 0 Å². The predicted molar refractivity (Wildman–Crippen MR) is 76.3 cm³/mol. The Bertz CT molecular complexity index is 366. The van der Waals surface area contributed by atoms with Crippen LogP contribution in [0.25, 0.3) is 0 Å². The smallest absolute Gasteiger partial charge is 0.303 e. The van der Waals surface area contributed by atoms with Gasteiger partial charge in [-0.25, -0.2) is 0 Å². The van der Waals surface area contributed by atoms with Crippen molar-refractivity contribution in [2.24, 2.45) is 17.8 Å². The van der Waals surface area contributed by atoms with Gasteiger partial charge in [-0.15, -0.1) is 0 Å². The minimum absolute atomic E-state index is 0.0215. The molecule has 1 saturated heterocycles. The number of carboxylic acids is 1. The second-order valence-electron chi connectivity index (χ2n) is 6.72. The maximum absolute atomic E-state index is 11.8. The van der Waals surface area contributed by atoms with Crippen molar-refractivity contribution >= 4 is 11.9 Å². The lowest BCUT2D eigenvalue weighted by molar-refractivity contribution is -0.138. The Morgan fingerprint density at radius 2 is 1.95 bits per heavy atom. The maximum atomic E-state index is 11.8. The molecule has 0 spiro atoms. The highest BCUT2D eigenvalue weighted by Crippen LogP contribution is 2.31. The summed E-state index contributed by atoms with van der Waals surface area (Å²) in [7, 11) is 0. The fourth-order valence-corrected chi connectivity index (χ4v) is 2.98. The molecule has 1 aliphatic heterocycles. The van der Waals surface area contributed by atoms with Crippen LogP contribution in [0.3, 0.4) is 0 Å². The van der Waals surface area contributed by atoms with Crippen LogP contribution in [0.15, 0.2) is 0 Å². The summed E-state index contributed by atoms with van der Waals surface area (Å²) in [6, 6.07) is 0.0988. The second-order valence-corrected chi connectivity index (χ2v) is 6.72. The number of nitrogens with zero attached hydrogens (tertiary/aromatic N) is 1. The highest BCUT2D eigenvalue weighted by atomic mass is 16.4. The van der Waals surface area contributed by atoms with Crippen molar-refractivity contribution in [3.05, 3.63) is 0 Å². The van der Waals surface area contributed by atoms with Gasteiger partial charge in [-0.3, -0.25) is 9.59 Å². The zero-order valence-electron chi connectivity index (χ0n) is 12.5. The number of carbonyl (C=O) groups excluding carboxylic acids is 1. The van der Waals surface area contributed by atoms with Crippen LogP contribution in [0.5, 0.6) is 0 Å². The van der Waals surface area contributed by atoms with Crippen molar-refractivity contribution in [3.63, 3.8) is 0 Å². The van der Waals surface area contributed by atoms with Gasteiger partial charge in [0.15, 0.2) is 0 Å². The molecule has 1 saturated carbocycles. The molecular weight excluding hydrogens is 256 g/mol. The number of hydrogen-bond acceptors (Lipinski definition) is 3. The van der Waals surface area contributed by atoms with E-state index in [0.717, 1.165) is 32.0 Å². The van der Waals surface area contributed by atoms with Gasteiger partial charge < -0.3 is 15.3 Å². The SMILES string of the molecule is CC(C)C(=O)NC1CC(CC(=O)O)CN(CC2CC2)C1. The summed E-state index contributed by atoms with van der Waals surface area (Å²) in [4.78, 5) is 25.1. The van der Waals surface area contributed by atoms with Crippen LogP contribution >= 0.6 is 0 Å². The van der Waals surface area contributed by atoms with E-state index in [-0.39, 0.29) is 30.2 Å². The average molecular weight is 282 g/mol. The Kier molecular flexibility index (Phi) is 5.02. The zero-order chi connectivity index (χ0) is 14.7. The average Bonchev–Trinajstić information content (AvgIpc) is 3.11. The summed E-state index contributed by atoms with van der Waals surface area (Å²) >= 11 is 0. The molecule has 1 aliphatic carbocycles. The fourth-order valence-electron chi connectivity index (χ4n) is 2.98. The van der Waals surface area contributed by atoms with Gasteiger partial charge in [-0.05, 0) is 31.1 Å². The lowest BCUT2D eigenvalue weighted by atomic mass is 9.91. The lowest BCUT2D eigenvalue weighted by Crippen LogP contribution is -2.52. The van der Waals surface area contributed by atoms with Gasteiger partial charge in [-0.2, -0.15) is 0 Å². The van der Waals surface area contributed by atoms with Gasteiger partial charge in [-0.1, -0.05) is 13.8 Å². The number of likely N-dealkylation sites (tertiary alicyclic amines) is 1. The van der Waals surface area contributed by atoms with E-state index in [4.69, 9.17) is 5.11 Å². The first-order valence-corrected chi connectivity index (χ1v) is 7.68. The first-order valence-electron chi connectivity index (χ1n) is 7.68. The summed E-state index contributed by atoms with van der Waals surface area (Å²) in [6.45, 7) is 6.55. The Balaban J connectivity index is 1.91. The highest BCUT2D eigenvalue weighted by Gasteiger charge is 2.33. The van der Waals surface area contributed by atoms with Crippen LogP contribution < -0.4 is 5.32 Å². The van der Waals surface area contributed by atoms with Gasteiger partial charge in [0.1, 0.15) is 0 Å². The monoisotopic (exact) mass is 282 g/mol. The van der Waals surface area contributed by atoms with E-state index in [2.05, 4.69) is 10.2 Å². The number of piperidine rings is 1. The highest BCUT2D eigenvalue weighted by molar-refractivity contribution is 5.78. The molecule has 0 aromatic carbocycles. The van der Waals surface area contributed by atoms with E-state index in [1.165, 1.54) is 12.8 Å². The summed E-state index contributed by atoms with van der Waals surface area (Å²) in [6.07, 6.45) is 3.58. The number of rotatable bonds is 6. The Labute approximate surface area is 120 Å². The van der Waals surface area contributed by atoms with E-state index >= 15 is 0 Å². The molecule has 2 fully saturated rings. The topological polar surface area (TPSA) is 69.6 Å². The molecule has 5 heteroatoms. The molecule has 2 unspecified atom stereocenters. The summed E-state index contributed by atoms with van der Waals surface area (Å²) in [5.74, 6) is 0.249. The van der Waals surface area contributed by atoms with E-state index in [0.29, 0.717) is 0 Å². The molecule has 2 N–H and O–H groups in total. The number of amides is 1. The molecular formula is C15H26N2O3. The zero-order valence-corrected chi connectivity index (χ0v) is 12.5. The lowest BCUT2D eigenvalue weighted by Gasteiger charge is -2.38. The first kappa shape index (κ1) is 15.3. The third-order valence-electron chi connectivity index (χ3n) is 4.16. The predicted octanol–water partition coefficient (Wildman–Crippen LogP) is 1.33. The van der Waals surface area contributed by atoms with Gasteiger partial charge >= 0.3 is 5.97 Å². The molecule has 0 radical (unpaired) electrons. The molecule has 1 heterocycles. The van der Waals surface area contributed by atoms with E-state index < -0.39 is 5.97 Å². The molecule has 0 aromatic heterocycles. The third-order valence-corrected chi connectivity index (χ3v) is 4.16. The van der Waals surface area contributed by atoms with Gasteiger partial charge in [0.05, 0.1) is 0 Å². The number of hydrogen-bond donors (Lipinski definition) is 2. The third kappa shape index (κ3) is 4.78. The van der Waals surface area contributed by atoms with Crippen LogP contribution in [0, 0.1) is 17.8 Å². The second kappa shape index (κ2) is 6.57. The van der Waals surface area contributed by atoms with Crippen molar-refractivity contribution < 1.29 is 14.7 Å². The normalized spacial score (nSPS) is 27.6. The van der Waals surface area contributed by atoms with Gasteiger partial charge in [0.25, 0.3) is 0 Å². The Morgan fingerprint density at radius 1 is 1.25 bits per heavy atom. The van der Waals surface area contributed by atoms with Crippen LogP contribution in [-0.4, -0.2) is 47.6 Å². The summed E-state index contributed by atoms with van der Waals surface area (Å²) < 4.78 is 0. The standard InChI is InChI=1S/C15H26N2O3/c1-10(2)15(20)16-13-5-12(6-14(18)19)8-17(9-13)7-11-3-4-11/h10-13H,3-9H2,1-2H3,(H,16,20)(H,18,19). The molecule has 114 valence electrons. The van der Waals surface area contributed by atoms with E-state index in [9.17, 15) is 9.59 Å². The van der Waals surface area contributed by atoms with Crippen molar-refractivity contribution in [3.8, 4) is 0 Å². The molecule has 2 rings (SSSR count). The fraction of sp³-hybridized carbons (Fsp3) is 0.867. The Hall–Kier alpha value is -1.10. The van der Waals surface area contributed by atoms with E-state index in [1.807, 2.05) is 13.8 Å². The molecule has 1 amide bonds. The summed E-state index contributed by atoms with van der Waals surface area (Å²) in [5, 5.41) is 12.1. The summed E-state index contributed by atoms with van der Waals surface area (Å²) in [5.41, 5.74) is 0. The maximum Gasteiger partial charge on any atom is 0.303 e. The molecule has 2 aliphatic rings. The number of carboxylic acid groups (broad SMARTS) is 1. The number of carbonyl (C=O) groups is 2. The molecule has 2 atom stereocenters. The van der Waals surface area contributed by atoms with Crippen molar-refractivity contribution in [1.82, 2.24) is 10.2 Å². The van der Waals surface area contributed by atoms with Gasteiger partial charge in [0, 0.05) is 38.0 Å². The van der Waals surface area contributed by atoms with Crippen LogP contribution in [-0.2, 0) is 9.59 Å². The van der Waals surface area contributed by atoms with Crippen molar-refractivity contribution in [2.45, 2.75) is 45.6 Å². The van der Waals surface area contributed by atoms with Crippen LogP contribution in [0.1, 0.15) is 39.5 Å². The number of nitrogens with one attached hydrogen (secondary N) is 1. The molecule has 20 heavy (non-hydrogen) atoms. The molecule has 5 nitrogen and oxygen atoms in total. The molecule has 0 bridgehead atoms. The molecule has 0 aromatic rings. The first-order chi connectivity index (χ1) is 9.44. The van der Waals surface area contributed by atoms with Crippen molar-refractivity contribution in [1.29, 1.82) is 0 Å². The van der Waals surface area contributed by atoms with E-state index in [1.54, 1.807) is 0 Å². The number of aliphatic carboxylic acids is 1.